The molecule has 1 N–H and O–H groups in total. The highest BCUT2D eigenvalue weighted by Crippen LogP contribution is 2.39. The quantitative estimate of drug-likeness (QED) is 0.854. The lowest BCUT2D eigenvalue weighted by atomic mass is 10.2. The van der Waals surface area contributed by atoms with E-state index in [-0.39, 0.29) is 0 Å². The Labute approximate surface area is 113 Å². The van der Waals surface area contributed by atoms with Gasteiger partial charge in [0.25, 0.3) is 0 Å². The maximum absolute atomic E-state index is 6.20. The van der Waals surface area contributed by atoms with E-state index in [0.717, 1.165) is 30.3 Å². The first-order chi connectivity index (χ1) is 8.74. The Balaban J connectivity index is 1.80. The summed E-state index contributed by atoms with van der Waals surface area (Å²) >= 11 is 6.20. The van der Waals surface area contributed by atoms with E-state index in [1.54, 1.807) is 0 Å². The molecule has 98 valence electrons. The molecule has 2 fully saturated rings. The van der Waals surface area contributed by atoms with Crippen LogP contribution in [-0.4, -0.2) is 28.1 Å². The zero-order valence-corrected chi connectivity index (χ0v) is 11.5. The molecule has 0 aromatic carbocycles. The topological polar surface area (TPSA) is 41.1 Å². The molecule has 1 saturated carbocycles. The van der Waals surface area contributed by atoms with Gasteiger partial charge < -0.3 is 5.43 Å². The van der Waals surface area contributed by atoms with Crippen LogP contribution in [0.1, 0.15) is 49.4 Å². The van der Waals surface area contributed by atoms with Crippen molar-refractivity contribution in [1.29, 1.82) is 0 Å². The normalized spacial score (nSPS) is 21.0. The standard InChI is InChI=1S/C13H19ClN4/c1-9-11(14)15-13(10-5-6-10)16-12(9)17-18-7-3-2-4-8-18/h10H,2-8H2,1H3,(H,15,16,17). The number of piperidine rings is 1. The number of hydrazine groups is 1. The van der Waals surface area contributed by atoms with Crippen LogP contribution in [0.15, 0.2) is 0 Å². The highest BCUT2D eigenvalue weighted by molar-refractivity contribution is 6.30. The van der Waals surface area contributed by atoms with Gasteiger partial charge in [-0.2, -0.15) is 0 Å². The van der Waals surface area contributed by atoms with Gasteiger partial charge in [-0.25, -0.2) is 15.0 Å². The third-order valence-electron chi connectivity index (χ3n) is 3.67. The molecule has 1 aromatic heterocycles. The first kappa shape index (κ1) is 12.2. The smallest absolute Gasteiger partial charge is 0.148 e. The lowest BCUT2D eigenvalue weighted by Gasteiger charge is -2.28. The fraction of sp³-hybridized carbons (Fsp3) is 0.692. The van der Waals surface area contributed by atoms with Gasteiger partial charge in [-0.05, 0) is 32.6 Å². The molecule has 5 heteroatoms. The Hall–Kier alpha value is -0.870. The van der Waals surface area contributed by atoms with E-state index in [9.17, 15) is 0 Å². The van der Waals surface area contributed by atoms with E-state index in [0.29, 0.717) is 11.1 Å². The third-order valence-corrected chi connectivity index (χ3v) is 4.03. The minimum absolute atomic E-state index is 0.532. The molecular formula is C13H19ClN4. The molecule has 1 aliphatic carbocycles. The van der Waals surface area contributed by atoms with Crippen molar-refractivity contribution < 1.29 is 0 Å². The van der Waals surface area contributed by atoms with E-state index >= 15 is 0 Å². The number of aromatic nitrogens is 2. The third kappa shape index (κ3) is 2.59. The lowest BCUT2D eigenvalue weighted by molar-refractivity contribution is 0.272. The van der Waals surface area contributed by atoms with Crippen molar-refractivity contribution in [2.75, 3.05) is 18.5 Å². The minimum atomic E-state index is 0.532. The van der Waals surface area contributed by atoms with Crippen LogP contribution in [0.4, 0.5) is 5.82 Å². The first-order valence-electron chi connectivity index (χ1n) is 6.79. The zero-order chi connectivity index (χ0) is 12.5. The summed E-state index contributed by atoms with van der Waals surface area (Å²) < 4.78 is 0. The number of nitrogens with one attached hydrogen (secondary N) is 1. The van der Waals surface area contributed by atoms with Gasteiger partial charge >= 0.3 is 0 Å². The van der Waals surface area contributed by atoms with Crippen LogP contribution < -0.4 is 5.43 Å². The molecule has 0 bridgehead atoms. The highest BCUT2D eigenvalue weighted by Gasteiger charge is 2.28. The van der Waals surface area contributed by atoms with Crippen LogP contribution in [0, 0.1) is 6.92 Å². The van der Waals surface area contributed by atoms with Crippen molar-refractivity contribution >= 4 is 17.4 Å². The monoisotopic (exact) mass is 266 g/mol. The van der Waals surface area contributed by atoms with E-state index in [2.05, 4.69) is 20.4 Å². The molecule has 2 heterocycles. The molecule has 4 nitrogen and oxygen atoms in total. The molecule has 0 unspecified atom stereocenters. The molecule has 0 amide bonds. The molecule has 1 aromatic rings. The number of hydrogen-bond donors (Lipinski definition) is 1. The van der Waals surface area contributed by atoms with Gasteiger partial charge in [0.05, 0.1) is 0 Å². The van der Waals surface area contributed by atoms with Crippen molar-refractivity contribution in [1.82, 2.24) is 15.0 Å². The van der Waals surface area contributed by atoms with Crippen LogP contribution in [0.2, 0.25) is 5.15 Å². The van der Waals surface area contributed by atoms with Gasteiger partial charge in [-0.3, -0.25) is 0 Å². The largest absolute Gasteiger partial charge is 0.303 e. The van der Waals surface area contributed by atoms with E-state index < -0.39 is 0 Å². The summed E-state index contributed by atoms with van der Waals surface area (Å²) in [6, 6.07) is 0. The van der Waals surface area contributed by atoms with Crippen molar-refractivity contribution in [3.8, 4) is 0 Å². The average molecular weight is 267 g/mol. The molecule has 1 saturated heterocycles. The zero-order valence-electron chi connectivity index (χ0n) is 10.7. The van der Waals surface area contributed by atoms with Crippen LogP contribution in [-0.2, 0) is 0 Å². The summed E-state index contributed by atoms with van der Waals surface area (Å²) in [5.41, 5.74) is 4.36. The van der Waals surface area contributed by atoms with E-state index in [4.69, 9.17) is 11.6 Å². The van der Waals surface area contributed by atoms with E-state index in [1.165, 1.54) is 32.1 Å². The molecule has 2 aliphatic rings. The summed E-state index contributed by atoms with van der Waals surface area (Å²) in [5.74, 6) is 2.33. The van der Waals surface area contributed by atoms with Gasteiger partial charge in [0, 0.05) is 24.6 Å². The maximum Gasteiger partial charge on any atom is 0.148 e. The Morgan fingerprint density at radius 1 is 1.17 bits per heavy atom. The van der Waals surface area contributed by atoms with Gasteiger partial charge in [-0.15, -0.1) is 0 Å². The van der Waals surface area contributed by atoms with Crippen LogP contribution in [0.3, 0.4) is 0 Å². The number of halogens is 1. The second-order valence-electron chi connectivity index (χ2n) is 5.28. The highest BCUT2D eigenvalue weighted by atomic mass is 35.5. The Kier molecular flexibility index (Phi) is 3.39. The summed E-state index contributed by atoms with van der Waals surface area (Å²) in [6.45, 7) is 4.14. The number of rotatable bonds is 3. The summed E-state index contributed by atoms with van der Waals surface area (Å²) in [4.78, 5) is 9.03. The predicted molar refractivity (Wildman–Crippen MR) is 72.8 cm³/mol. The van der Waals surface area contributed by atoms with Gasteiger partial charge in [-0.1, -0.05) is 18.0 Å². The van der Waals surface area contributed by atoms with Crippen molar-refractivity contribution in [3.63, 3.8) is 0 Å². The summed E-state index contributed by atoms with van der Waals surface area (Å²) in [7, 11) is 0. The van der Waals surface area contributed by atoms with Crippen molar-refractivity contribution in [2.24, 2.45) is 0 Å². The number of nitrogens with zero attached hydrogens (tertiary/aromatic N) is 3. The summed E-state index contributed by atoms with van der Waals surface area (Å²) in [5, 5.41) is 2.83. The van der Waals surface area contributed by atoms with Gasteiger partial charge in [0.15, 0.2) is 0 Å². The Morgan fingerprint density at radius 2 is 1.89 bits per heavy atom. The molecule has 3 rings (SSSR count). The molecule has 0 radical (unpaired) electrons. The fourth-order valence-electron chi connectivity index (χ4n) is 2.29. The number of anilines is 1. The van der Waals surface area contributed by atoms with Crippen molar-refractivity contribution in [3.05, 3.63) is 16.5 Å². The first-order valence-corrected chi connectivity index (χ1v) is 7.17. The molecule has 0 spiro atoms. The van der Waals surface area contributed by atoms with Gasteiger partial charge in [0.2, 0.25) is 0 Å². The number of hydrogen-bond acceptors (Lipinski definition) is 4. The van der Waals surface area contributed by atoms with Crippen LogP contribution in [0.25, 0.3) is 0 Å². The van der Waals surface area contributed by atoms with Crippen LogP contribution in [0.5, 0.6) is 0 Å². The summed E-state index contributed by atoms with van der Waals surface area (Å²) in [6.07, 6.45) is 6.22. The second kappa shape index (κ2) is 5.02. The minimum Gasteiger partial charge on any atom is -0.303 e. The lowest BCUT2D eigenvalue weighted by Crippen LogP contribution is -2.35. The Bertz CT molecular complexity index is 439. The predicted octanol–water partition coefficient (Wildman–Crippen LogP) is 3.13. The molecule has 18 heavy (non-hydrogen) atoms. The van der Waals surface area contributed by atoms with Crippen LogP contribution >= 0.6 is 11.6 Å². The van der Waals surface area contributed by atoms with Crippen molar-refractivity contribution in [2.45, 2.75) is 44.9 Å². The fourth-order valence-corrected chi connectivity index (χ4v) is 2.47. The van der Waals surface area contributed by atoms with E-state index in [1.807, 2.05) is 6.92 Å². The second-order valence-corrected chi connectivity index (χ2v) is 5.64. The molecular weight excluding hydrogens is 248 g/mol. The molecule has 0 atom stereocenters. The molecule has 1 aliphatic heterocycles. The maximum atomic E-state index is 6.20. The van der Waals surface area contributed by atoms with Gasteiger partial charge in [0.1, 0.15) is 16.8 Å². The Morgan fingerprint density at radius 3 is 2.56 bits per heavy atom. The average Bonchev–Trinajstić information content (AvgIpc) is 3.20. The SMILES string of the molecule is Cc1c(Cl)nc(C2CC2)nc1NN1CCCCC1.